The number of nitrogens with zero attached hydrogens (tertiary/aromatic N) is 3. The third-order valence-electron chi connectivity index (χ3n) is 5.48. The van der Waals surface area contributed by atoms with Gasteiger partial charge in [0.2, 0.25) is 0 Å². The maximum atomic E-state index is 5.52. The van der Waals surface area contributed by atoms with Gasteiger partial charge in [-0.1, -0.05) is 12.1 Å². The van der Waals surface area contributed by atoms with E-state index in [-0.39, 0.29) is 24.0 Å². The molecule has 0 saturated carbocycles. The summed E-state index contributed by atoms with van der Waals surface area (Å²) in [6.45, 7) is 14.0. The Morgan fingerprint density at radius 1 is 1.21 bits per heavy atom. The van der Waals surface area contributed by atoms with Crippen LogP contribution in [0.4, 0.5) is 5.69 Å². The van der Waals surface area contributed by atoms with Crippen LogP contribution in [0.3, 0.4) is 0 Å². The first-order valence-corrected chi connectivity index (χ1v) is 10.5. The van der Waals surface area contributed by atoms with Crippen molar-refractivity contribution in [1.29, 1.82) is 0 Å². The molecule has 1 fully saturated rings. The van der Waals surface area contributed by atoms with Crippen LogP contribution in [-0.4, -0.2) is 69.8 Å². The van der Waals surface area contributed by atoms with Crippen molar-refractivity contribution < 1.29 is 4.74 Å². The lowest BCUT2D eigenvalue weighted by molar-refractivity contribution is 0.178. The highest BCUT2D eigenvalue weighted by molar-refractivity contribution is 14.0. The molecule has 6 nitrogen and oxygen atoms in total. The molecule has 0 radical (unpaired) electrons. The van der Waals surface area contributed by atoms with Crippen LogP contribution in [0, 0.1) is 5.92 Å². The Morgan fingerprint density at radius 2 is 1.90 bits per heavy atom. The van der Waals surface area contributed by atoms with E-state index in [2.05, 4.69) is 65.3 Å². The Morgan fingerprint density at radius 3 is 2.52 bits per heavy atom. The Hall–Kier alpha value is -1.22. The Bertz CT molecular complexity index is 615. The van der Waals surface area contributed by atoms with Crippen LogP contribution in [0.25, 0.3) is 0 Å². The van der Waals surface area contributed by atoms with Crippen LogP contribution < -0.4 is 20.3 Å². The van der Waals surface area contributed by atoms with Crippen LogP contribution in [0.1, 0.15) is 34.1 Å². The SMILES string of the molecule is CN=C(NCCN(C(C)C)C(C)C)NCC1CCN(c2ccccc2OC)C1.I. The molecule has 1 atom stereocenters. The van der Waals surface area contributed by atoms with Gasteiger partial charge >= 0.3 is 0 Å². The van der Waals surface area contributed by atoms with Gasteiger partial charge in [0.15, 0.2) is 5.96 Å². The lowest BCUT2D eigenvalue weighted by atomic mass is 10.1. The van der Waals surface area contributed by atoms with E-state index in [0.717, 1.165) is 44.4 Å². The zero-order valence-electron chi connectivity index (χ0n) is 18.9. The lowest BCUT2D eigenvalue weighted by Crippen LogP contribution is -2.46. The summed E-state index contributed by atoms with van der Waals surface area (Å²) in [4.78, 5) is 9.29. The van der Waals surface area contributed by atoms with Crippen molar-refractivity contribution in [3.63, 3.8) is 0 Å². The molecule has 0 bridgehead atoms. The first-order valence-electron chi connectivity index (χ1n) is 10.5. The number of halogens is 1. The summed E-state index contributed by atoms with van der Waals surface area (Å²) < 4.78 is 5.52. The van der Waals surface area contributed by atoms with Crippen LogP contribution in [0.5, 0.6) is 5.75 Å². The maximum absolute atomic E-state index is 5.52. The highest BCUT2D eigenvalue weighted by Crippen LogP contribution is 2.31. The maximum Gasteiger partial charge on any atom is 0.191 e. The first-order chi connectivity index (χ1) is 13.5. The average molecular weight is 518 g/mol. The molecular weight excluding hydrogens is 477 g/mol. The molecule has 1 unspecified atom stereocenters. The Balaban J connectivity index is 0.00000420. The van der Waals surface area contributed by atoms with Gasteiger partial charge in [0.25, 0.3) is 0 Å². The second kappa shape index (κ2) is 13.2. The summed E-state index contributed by atoms with van der Waals surface area (Å²) in [7, 11) is 3.58. The van der Waals surface area contributed by atoms with Gasteiger partial charge < -0.3 is 20.3 Å². The second-order valence-electron chi connectivity index (χ2n) is 8.08. The molecule has 2 N–H and O–H groups in total. The third-order valence-corrected chi connectivity index (χ3v) is 5.48. The molecule has 7 heteroatoms. The van der Waals surface area contributed by atoms with E-state index in [1.165, 1.54) is 12.1 Å². The van der Waals surface area contributed by atoms with Crippen molar-refractivity contribution >= 4 is 35.6 Å². The standard InChI is InChI=1S/C22H39N5O.HI/c1-17(2)27(18(3)4)14-12-24-22(23-5)25-15-19-11-13-26(16-19)20-9-7-8-10-21(20)28-6;/h7-10,17-19H,11-16H2,1-6H3,(H2,23,24,25);1H. The summed E-state index contributed by atoms with van der Waals surface area (Å²) in [5.41, 5.74) is 1.19. The smallest absolute Gasteiger partial charge is 0.191 e. The summed E-state index contributed by atoms with van der Waals surface area (Å²) in [5, 5.41) is 6.96. The van der Waals surface area contributed by atoms with Crippen molar-refractivity contribution in [2.45, 2.75) is 46.2 Å². The minimum Gasteiger partial charge on any atom is -0.495 e. The van der Waals surface area contributed by atoms with E-state index in [0.29, 0.717) is 18.0 Å². The highest BCUT2D eigenvalue weighted by Gasteiger charge is 2.24. The van der Waals surface area contributed by atoms with E-state index < -0.39 is 0 Å². The normalized spacial score (nSPS) is 17.1. The summed E-state index contributed by atoms with van der Waals surface area (Å²) in [6, 6.07) is 9.38. The highest BCUT2D eigenvalue weighted by atomic mass is 127. The number of para-hydroxylation sites is 2. The zero-order chi connectivity index (χ0) is 20.5. The van der Waals surface area contributed by atoms with E-state index in [1.807, 2.05) is 19.2 Å². The topological polar surface area (TPSA) is 52.1 Å². The van der Waals surface area contributed by atoms with Crippen molar-refractivity contribution in [1.82, 2.24) is 15.5 Å². The van der Waals surface area contributed by atoms with Crippen LogP contribution >= 0.6 is 24.0 Å². The molecule has 29 heavy (non-hydrogen) atoms. The fourth-order valence-electron chi connectivity index (χ4n) is 3.99. The predicted octanol–water partition coefficient (Wildman–Crippen LogP) is 3.42. The number of benzene rings is 1. The fraction of sp³-hybridized carbons (Fsp3) is 0.682. The molecule has 0 spiro atoms. The quantitative estimate of drug-likeness (QED) is 0.299. The van der Waals surface area contributed by atoms with Crippen LogP contribution in [0.2, 0.25) is 0 Å². The van der Waals surface area contributed by atoms with Crippen LogP contribution in [0.15, 0.2) is 29.3 Å². The van der Waals surface area contributed by atoms with Gasteiger partial charge in [-0.25, -0.2) is 0 Å². The second-order valence-corrected chi connectivity index (χ2v) is 8.08. The van der Waals surface area contributed by atoms with Gasteiger partial charge in [-0.3, -0.25) is 9.89 Å². The number of methoxy groups -OCH3 is 1. The molecular formula is C22H40IN5O. The minimum atomic E-state index is 0. The number of ether oxygens (including phenoxy) is 1. The molecule has 1 heterocycles. The van der Waals surface area contributed by atoms with Gasteiger partial charge in [-0.05, 0) is 52.2 Å². The van der Waals surface area contributed by atoms with Crippen LogP contribution in [-0.2, 0) is 0 Å². The molecule has 0 aliphatic carbocycles. The van der Waals surface area contributed by atoms with Crippen molar-refractivity contribution in [3.05, 3.63) is 24.3 Å². The monoisotopic (exact) mass is 517 g/mol. The van der Waals surface area contributed by atoms with Gasteiger partial charge in [0.1, 0.15) is 5.75 Å². The fourth-order valence-corrected chi connectivity index (χ4v) is 3.99. The Labute approximate surface area is 194 Å². The number of hydrogen-bond acceptors (Lipinski definition) is 4. The molecule has 166 valence electrons. The molecule has 0 amide bonds. The summed E-state index contributed by atoms with van der Waals surface area (Å²) in [6.07, 6.45) is 1.18. The summed E-state index contributed by atoms with van der Waals surface area (Å²) >= 11 is 0. The first kappa shape index (κ1) is 25.8. The number of hydrogen-bond donors (Lipinski definition) is 2. The molecule has 0 aromatic heterocycles. The molecule has 1 aliphatic heterocycles. The largest absolute Gasteiger partial charge is 0.495 e. The molecule has 1 saturated heterocycles. The number of guanidine groups is 1. The molecule has 2 rings (SSSR count). The number of aliphatic imine (C=N–C) groups is 1. The molecule has 1 aromatic rings. The third kappa shape index (κ3) is 7.85. The van der Waals surface area contributed by atoms with E-state index in [9.17, 15) is 0 Å². The van der Waals surface area contributed by atoms with E-state index in [1.54, 1.807) is 7.11 Å². The molecule has 1 aromatic carbocycles. The number of rotatable bonds is 9. The van der Waals surface area contributed by atoms with E-state index >= 15 is 0 Å². The van der Waals surface area contributed by atoms with E-state index in [4.69, 9.17) is 4.74 Å². The van der Waals surface area contributed by atoms with Gasteiger partial charge in [-0.2, -0.15) is 0 Å². The van der Waals surface area contributed by atoms with Gasteiger partial charge in [0, 0.05) is 51.9 Å². The van der Waals surface area contributed by atoms with Gasteiger partial charge in [0.05, 0.1) is 12.8 Å². The number of anilines is 1. The molecule has 1 aliphatic rings. The van der Waals surface area contributed by atoms with Crippen molar-refractivity contribution in [2.24, 2.45) is 10.9 Å². The number of nitrogens with one attached hydrogen (secondary N) is 2. The Kier molecular flexibility index (Phi) is 11.7. The minimum absolute atomic E-state index is 0. The zero-order valence-corrected chi connectivity index (χ0v) is 21.3. The van der Waals surface area contributed by atoms with Gasteiger partial charge in [-0.15, -0.1) is 24.0 Å². The lowest BCUT2D eigenvalue weighted by Gasteiger charge is -2.30. The van der Waals surface area contributed by atoms with Crippen molar-refractivity contribution in [2.75, 3.05) is 51.8 Å². The average Bonchev–Trinajstić information content (AvgIpc) is 3.15. The predicted molar refractivity (Wildman–Crippen MR) is 135 cm³/mol. The van der Waals surface area contributed by atoms with Crippen molar-refractivity contribution in [3.8, 4) is 5.75 Å². The summed E-state index contributed by atoms with van der Waals surface area (Å²) in [5.74, 6) is 2.45.